The second-order valence-corrected chi connectivity index (χ2v) is 5.50. The van der Waals surface area contributed by atoms with Crippen molar-refractivity contribution in [2.45, 2.75) is 25.3 Å². The molecule has 0 spiro atoms. The lowest BCUT2D eigenvalue weighted by molar-refractivity contribution is 0.0266. The van der Waals surface area contributed by atoms with Crippen molar-refractivity contribution < 1.29 is 9.53 Å². The predicted molar refractivity (Wildman–Crippen MR) is 70.2 cm³/mol. The summed E-state index contributed by atoms with van der Waals surface area (Å²) < 4.78 is 5.25. The fraction of sp³-hybridized carbons (Fsp3) is 0.500. The number of amides is 1. The van der Waals surface area contributed by atoms with Crippen LogP contribution in [0.2, 0.25) is 5.02 Å². The minimum absolute atomic E-state index is 0.0756. The summed E-state index contributed by atoms with van der Waals surface area (Å²) >= 11 is 5.91. The van der Waals surface area contributed by atoms with Crippen LogP contribution in [0.25, 0.3) is 0 Å². The molecule has 2 atom stereocenters. The second kappa shape index (κ2) is 4.47. The third-order valence-electron chi connectivity index (χ3n) is 4.11. The summed E-state index contributed by atoms with van der Waals surface area (Å²) in [6.45, 7) is 0.898. The van der Waals surface area contributed by atoms with E-state index in [1.165, 1.54) is 12.8 Å². The SMILES string of the molecule is COc1cc(Cl)ccc1C(=O)N1C[C@@H]2CCC[C@@H]21. The summed E-state index contributed by atoms with van der Waals surface area (Å²) in [7, 11) is 1.57. The van der Waals surface area contributed by atoms with Gasteiger partial charge in [-0.2, -0.15) is 0 Å². The van der Waals surface area contributed by atoms with Crippen LogP contribution in [-0.4, -0.2) is 30.5 Å². The zero-order valence-corrected chi connectivity index (χ0v) is 11.1. The van der Waals surface area contributed by atoms with Crippen LogP contribution >= 0.6 is 11.6 Å². The van der Waals surface area contributed by atoms with Crippen LogP contribution < -0.4 is 4.74 Å². The van der Waals surface area contributed by atoms with Gasteiger partial charge < -0.3 is 9.64 Å². The summed E-state index contributed by atoms with van der Waals surface area (Å²) in [5.41, 5.74) is 0.618. The van der Waals surface area contributed by atoms with Crippen LogP contribution in [0.1, 0.15) is 29.6 Å². The minimum atomic E-state index is 0.0756. The number of carbonyl (C=O) groups excluding carboxylic acids is 1. The van der Waals surface area contributed by atoms with Gasteiger partial charge in [0.05, 0.1) is 12.7 Å². The minimum Gasteiger partial charge on any atom is -0.496 e. The Bertz CT molecular complexity index is 489. The largest absolute Gasteiger partial charge is 0.496 e. The maximum atomic E-state index is 12.5. The van der Waals surface area contributed by atoms with E-state index in [4.69, 9.17) is 16.3 Å². The van der Waals surface area contributed by atoms with Gasteiger partial charge in [-0.3, -0.25) is 4.79 Å². The number of carbonyl (C=O) groups is 1. The first-order valence-electron chi connectivity index (χ1n) is 6.35. The molecule has 2 aliphatic rings. The predicted octanol–water partition coefficient (Wildman–Crippen LogP) is 2.97. The molecule has 96 valence electrons. The first kappa shape index (κ1) is 11.8. The summed E-state index contributed by atoms with van der Waals surface area (Å²) in [4.78, 5) is 14.4. The van der Waals surface area contributed by atoms with E-state index < -0.39 is 0 Å². The lowest BCUT2D eigenvalue weighted by Crippen LogP contribution is -2.55. The fourth-order valence-electron chi connectivity index (χ4n) is 3.12. The topological polar surface area (TPSA) is 29.5 Å². The molecule has 1 aliphatic carbocycles. The molecule has 1 saturated carbocycles. The molecule has 3 rings (SSSR count). The molecule has 1 aliphatic heterocycles. The molecule has 0 aromatic heterocycles. The van der Waals surface area contributed by atoms with Crippen molar-refractivity contribution in [2.24, 2.45) is 5.92 Å². The lowest BCUT2D eigenvalue weighted by Gasteiger charge is -2.44. The van der Waals surface area contributed by atoms with Gasteiger partial charge in [0.2, 0.25) is 0 Å². The standard InChI is InChI=1S/C14H16ClNO2/c1-18-13-7-10(15)5-6-11(13)14(17)16-8-9-3-2-4-12(9)16/h5-7,9,12H,2-4,8H2,1H3/t9-,12-/m0/s1. The molecule has 0 radical (unpaired) electrons. The number of halogens is 1. The Balaban J connectivity index is 1.84. The number of hydrogen-bond acceptors (Lipinski definition) is 2. The molecule has 0 bridgehead atoms. The normalized spacial score (nSPS) is 25.6. The first-order valence-corrected chi connectivity index (χ1v) is 6.73. The number of ether oxygens (including phenoxy) is 1. The van der Waals surface area contributed by atoms with Crippen molar-refractivity contribution in [3.05, 3.63) is 28.8 Å². The van der Waals surface area contributed by atoms with Crippen LogP contribution in [0.4, 0.5) is 0 Å². The Kier molecular flexibility index (Phi) is 2.94. The van der Waals surface area contributed by atoms with Crippen LogP contribution in [0.3, 0.4) is 0 Å². The molecule has 1 amide bonds. The van der Waals surface area contributed by atoms with Gasteiger partial charge in [-0.05, 0) is 37.0 Å². The molecule has 1 aromatic rings. The summed E-state index contributed by atoms with van der Waals surface area (Å²) in [6, 6.07) is 5.65. The van der Waals surface area contributed by atoms with Crippen molar-refractivity contribution >= 4 is 17.5 Å². The zero-order valence-electron chi connectivity index (χ0n) is 10.4. The highest BCUT2D eigenvalue weighted by Crippen LogP contribution is 2.40. The number of nitrogens with zero attached hydrogens (tertiary/aromatic N) is 1. The molecule has 1 heterocycles. The number of likely N-dealkylation sites (tertiary alicyclic amines) is 1. The number of methoxy groups -OCH3 is 1. The molecular weight excluding hydrogens is 250 g/mol. The van der Waals surface area contributed by atoms with E-state index in [9.17, 15) is 4.79 Å². The van der Waals surface area contributed by atoms with Gasteiger partial charge in [0, 0.05) is 17.6 Å². The monoisotopic (exact) mass is 265 g/mol. The smallest absolute Gasteiger partial charge is 0.257 e. The number of benzene rings is 1. The van der Waals surface area contributed by atoms with Crippen LogP contribution in [-0.2, 0) is 0 Å². The number of rotatable bonds is 2. The summed E-state index contributed by atoms with van der Waals surface area (Å²) in [5.74, 6) is 1.37. The van der Waals surface area contributed by atoms with Crippen molar-refractivity contribution in [2.75, 3.05) is 13.7 Å². The van der Waals surface area contributed by atoms with Crippen molar-refractivity contribution in [3.63, 3.8) is 0 Å². The van der Waals surface area contributed by atoms with Crippen LogP contribution in [0.15, 0.2) is 18.2 Å². The molecule has 2 fully saturated rings. The van der Waals surface area contributed by atoms with Gasteiger partial charge in [-0.15, -0.1) is 0 Å². The first-order chi connectivity index (χ1) is 8.70. The molecule has 3 nitrogen and oxygen atoms in total. The van der Waals surface area contributed by atoms with Gasteiger partial charge in [-0.25, -0.2) is 0 Å². The Morgan fingerprint density at radius 1 is 1.44 bits per heavy atom. The Labute approximate surface area is 112 Å². The maximum absolute atomic E-state index is 12.5. The van der Waals surface area contributed by atoms with E-state index in [2.05, 4.69) is 0 Å². The molecule has 18 heavy (non-hydrogen) atoms. The highest BCUT2D eigenvalue weighted by molar-refractivity contribution is 6.30. The third kappa shape index (κ3) is 1.77. The highest BCUT2D eigenvalue weighted by atomic mass is 35.5. The van der Waals surface area contributed by atoms with E-state index in [-0.39, 0.29) is 5.91 Å². The van der Waals surface area contributed by atoms with Gasteiger partial charge in [0.25, 0.3) is 5.91 Å². The molecule has 0 N–H and O–H groups in total. The van der Waals surface area contributed by atoms with Crippen LogP contribution in [0, 0.1) is 5.92 Å². The second-order valence-electron chi connectivity index (χ2n) is 5.06. The highest BCUT2D eigenvalue weighted by Gasteiger charge is 2.44. The zero-order chi connectivity index (χ0) is 12.7. The average molecular weight is 266 g/mol. The van der Waals surface area contributed by atoms with Gasteiger partial charge in [0.15, 0.2) is 0 Å². The third-order valence-corrected chi connectivity index (χ3v) is 4.34. The van der Waals surface area contributed by atoms with Crippen molar-refractivity contribution in [3.8, 4) is 5.75 Å². The average Bonchev–Trinajstić information content (AvgIpc) is 2.70. The van der Waals surface area contributed by atoms with Crippen molar-refractivity contribution in [1.82, 2.24) is 4.90 Å². The van der Waals surface area contributed by atoms with E-state index >= 15 is 0 Å². The lowest BCUT2D eigenvalue weighted by atomic mass is 9.91. The molecular formula is C14H16ClNO2. The van der Waals surface area contributed by atoms with E-state index in [1.807, 2.05) is 4.90 Å². The van der Waals surface area contributed by atoms with Crippen molar-refractivity contribution in [1.29, 1.82) is 0 Å². The molecule has 0 unspecified atom stereocenters. The molecule has 4 heteroatoms. The molecule has 1 saturated heterocycles. The maximum Gasteiger partial charge on any atom is 0.257 e. The van der Waals surface area contributed by atoms with E-state index in [0.717, 1.165) is 18.9 Å². The van der Waals surface area contributed by atoms with Gasteiger partial charge >= 0.3 is 0 Å². The van der Waals surface area contributed by atoms with E-state index in [0.29, 0.717) is 22.4 Å². The number of hydrogen-bond donors (Lipinski definition) is 0. The summed E-state index contributed by atoms with van der Waals surface area (Å²) in [5, 5.41) is 0.589. The Morgan fingerprint density at radius 3 is 3.00 bits per heavy atom. The Morgan fingerprint density at radius 2 is 2.28 bits per heavy atom. The van der Waals surface area contributed by atoms with Gasteiger partial charge in [0.1, 0.15) is 5.75 Å². The summed E-state index contributed by atoms with van der Waals surface area (Å²) in [6.07, 6.45) is 3.66. The fourth-order valence-corrected chi connectivity index (χ4v) is 3.28. The van der Waals surface area contributed by atoms with Gasteiger partial charge in [-0.1, -0.05) is 18.0 Å². The van der Waals surface area contributed by atoms with Crippen LogP contribution in [0.5, 0.6) is 5.75 Å². The number of fused-ring (bicyclic) bond motifs is 1. The Hall–Kier alpha value is -1.22. The van der Waals surface area contributed by atoms with E-state index in [1.54, 1.807) is 25.3 Å². The molecule has 1 aromatic carbocycles. The quantitative estimate of drug-likeness (QED) is 0.823.